The van der Waals surface area contributed by atoms with Crippen LogP contribution in [0.5, 0.6) is 0 Å². The van der Waals surface area contributed by atoms with Gasteiger partial charge in [-0.2, -0.15) is 0 Å². The van der Waals surface area contributed by atoms with Gasteiger partial charge < -0.3 is 14.2 Å². The molecule has 6 nitrogen and oxygen atoms in total. The van der Waals surface area contributed by atoms with E-state index in [2.05, 4.69) is 106 Å². The summed E-state index contributed by atoms with van der Waals surface area (Å²) in [5.74, 6) is -0.878. The summed E-state index contributed by atoms with van der Waals surface area (Å²) in [6, 6.07) is 0. The third-order valence-corrected chi connectivity index (χ3v) is 15.2. The highest BCUT2D eigenvalue weighted by Gasteiger charge is 2.19. The Bertz CT molecular complexity index is 1520. The van der Waals surface area contributed by atoms with Gasteiger partial charge in [-0.3, -0.25) is 14.4 Å². The lowest BCUT2D eigenvalue weighted by Crippen LogP contribution is -2.30. The lowest BCUT2D eigenvalue weighted by molar-refractivity contribution is -0.167. The molecule has 0 aliphatic carbocycles. The van der Waals surface area contributed by atoms with E-state index in [-0.39, 0.29) is 31.1 Å². The predicted octanol–water partition coefficient (Wildman–Crippen LogP) is 23.8. The predicted molar refractivity (Wildman–Crippen MR) is 348 cm³/mol. The van der Waals surface area contributed by atoms with Gasteiger partial charge in [-0.15, -0.1) is 0 Å². The molecule has 0 saturated carbocycles. The van der Waals surface area contributed by atoms with Crippen LogP contribution in [0.3, 0.4) is 0 Å². The van der Waals surface area contributed by atoms with Gasteiger partial charge in [0.2, 0.25) is 0 Å². The normalized spacial score (nSPS) is 12.6. The monoisotopic (exact) mass is 1110 g/mol. The van der Waals surface area contributed by atoms with Crippen molar-refractivity contribution in [1.82, 2.24) is 0 Å². The zero-order valence-corrected chi connectivity index (χ0v) is 53.1. The van der Waals surface area contributed by atoms with Crippen LogP contribution < -0.4 is 0 Å². The average molecular weight is 1120 g/mol. The minimum absolute atomic E-state index is 0.0763. The Morgan fingerprint density at radius 3 is 0.762 bits per heavy atom. The molecule has 0 rings (SSSR count). The first-order valence-corrected chi connectivity index (χ1v) is 34.6. The van der Waals surface area contributed by atoms with Gasteiger partial charge in [0.25, 0.3) is 0 Å². The Hall–Kier alpha value is -3.41. The summed E-state index contributed by atoms with van der Waals surface area (Å²) in [6.07, 6.45) is 90.7. The van der Waals surface area contributed by atoms with Crippen molar-refractivity contribution in [3.8, 4) is 0 Å². The van der Waals surface area contributed by atoms with Crippen LogP contribution >= 0.6 is 0 Å². The van der Waals surface area contributed by atoms with Crippen molar-refractivity contribution >= 4 is 17.9 Å². The Morgan fingerprint density at radius 2 is 0.487 bits per heavy atom. The van der Waals surface area contributed by atoms with E-state index < -0.39 is 6.10 Å². The molecule has 462 valence electrons. The van der Waals surface area contributed by atoms with Crippen molar-refractivity contribution in [2.45, 2.75) is 354 Å². The smallest absolute Gasteiger partial charge is 0.306 e. The minimum atomic E-state index is -0.778. The second kappa shape index (κ2) is 68.1. The van der Waals surface area contributed by atoms with Crippen molar-refractivity contribution in [2.24, 2.45) is 0 Å². The second-order valence-corrected chi connectivity index (χ2v) is 23.1. The van der Waals surface area contributed by atoms with E-state index in [0.29, 0.717) is 19.3 Å². The van der Waals surface area contributed by atoms with Crippen molar-refractivity contribution in [2.75, 3.05) is 13.2 Å². The van der Waals surface area contributed by atoms with E-state index in [4.69, 9.17) is 14.2 Å². The largest absolute Gasteiger partial charge is 0.462 e. The molecule has 0 heterocycles. The molecule has 0 bridgehead atoms. The molecule has 0 N–H and O–H groups in total. The maximum absolute atomic E-state index is 12.9. The zero-order chi connectivity index (χ0) is 57.8. The van der Waals surface area contributed by atoms with Gasteiger partial charge in [0.15, 0.2) is 6.10 Å². The topological polar surface area (TPSA) is 78.9 Å². The molecule has 0 radical (unpaired) electrons. The average Bonchev–Trinajstić information content (AvgIpc) is 3.46. The summed E-state index contributed by atoms with van der Waals surface area (Å²) < 4.78 is 16.9. The minimum Gasteiger partial charge on any atom is -0.462 e. The van der Waals surface area contributed by atoms with E-state index in [1.165, 1.54) is 199 Å². The fourth-order valence-corrected chi connectivity index (χ4v) is 10.0. The zero-order valence-electron chi connectivity index (χ0n) is 53.1. The Morgan fingerprint density at radius 1 is 0.263 bits per heavy atom. The maximum Gasteiger partial charge on any atom is 0.306 e. The molecule has 0 saturated heterocycles. The van der Waals surface area contributed by atoms with Crippen LogP contribution in [0.25, 0.3) is 0 Å². The van der Waals surface area contributed by atoms with Crippen LogP contribution in [-0.4, -0.2) is 37.2 Å². The molecule has 0 spiro atoms. The van der Waals surface area contributed by atoms with Gasteiger partial charge in [-0.05, 0) is 77.0 Å². The third kappa shape index (κ3) is 65.4. The van der Waals surface area contributed by atoms with E-state index >= 15 is 0 Å². The van der Waals surface area contributed by atoms with Crippen LogP contribution in [-0.2, 0) is 28.6 Å². The molecule has 1 atom stereocenters. The van der Waals surface area contributed by atoms with Crippen molar-refractivity contribution < 1.29 is 28.6 Å². The first kappa shape index (κ1) is 76.6. The number of allylic oxidation sites excluding steroid dienone is 14. The maximum atomic E-state index is 12.9. The van der Waals surface area contributed by atoms with Crippen molar-refractivity contribution in [1.29, 1.82) is 0 Å². The van der Waals surface area contributed by atoms with E-state index in [0.717, 1.165) is 109 Å². The molecule has 80 heavy (non-hydrogen) atoms. The molecule has 0 amide bonds. The summed E-state index contributed by atoms with van der Waals surface area (Å²) in [4.78, 5) is 38.2. The molecular weight excluding hydrogens is 985 g/mol. The highest BCUT2D eigenvalue weighted by molar-refractivity contribution is 5.71. The summed E-state index contributed by atoms with van der Waals surface area (Å²) in [5, 5.41) is 0. The first-order chi connectivity index (χ1) is 39.5. The van der Waals surface area contributed by atoms with Gasteiger partial charge in [0, 0.05) is 19.3 Å². The lowest BCUT2D eigenvalue weighted by Gasteiger charge is -2.18. The first-order valence-electron chi connectivity index (χ1n) is 34.6. The van der Waals surface area contributed by atoms with Crippen LogP contribution in [0.2, 0.25) is 0 Å². The lowest BCUT2D eigenvalue weighted by atomic mass is 10.0. The second-order valence-electron chi connectivity index (χ2n) is 23.1. The Balaban J connectivity index is 4.11. The van der Waals surface area contributed by atoms with Crippen molar-refractivity contribution in [3.05, 3.63) is 85.1 Å². The Labute approximate surface area is 496 Å². The number of carbonyl (C=O) groups excluding carboxylic acids is 3. The standard InChI is InChI=1S/C74H130O6/c1-4-7-10-13-16-18-20-22-24-26-28-30-32-34-36-37-38-40-41-43-45-47-49-51-53-55-58-61-64-67-73(76)79-70-71(69-78-72(75)66-63-60-57-15-12-9-6-3)80-74(77)68-65-62-59-56-54-52-50-48-46-44-42-39-35-33-31-29-27-25-23-21-19-17-14-11-8-5-2/h7,10,16,18,22,24,28,30,34,36,38,40,43,45,71H,4-6,8-9,11-15,17,19-21,23,25-27,29,31-33,35,37,39,41-42,44,46-70H2,1-3H3/b10-7-,18-16-,24-22-,30-28-,36-34-,40-38-,45-43-. The number of hydrogen-bond donors (Lipinski definition) is 0. The summed E-state index contributed by atoms with van der Waals surface area (Å²) >= 11 is 0. The van der Waals surface area contributed by atoms with Crippen LogP contribution in [0.15, 0.2) is 85.1 Å². The fourth-order valence-electron chi connectivity index (χ4n) is 10.0. The summed E-state index contributed by atoms with van der Waals surface area (Å²) in [7, 11) is 0. The van der Waals surface area contributed by atoms with Gasteiger partial charge >= 0.3 is 17.9 Å². The number of carbonyl (C=O) groups is 3. The van der Waals surface area contributed by atoms with E-state index in [9.17, 15) is 14.4 Å². The molecule has 0 aromatic carbocycles. The third-order valence-electron chi connectivity index (χ3n) is 15.2. The highest BCUT2D eigenvalue weighted by atomic mass is 16.6. The van der Waals surface area contributed by atoms with Gasteiger partial charge in [-0.25, -0.2) is 0 Å². The molecule has 0 aromatic rings. The van der Waals surface area contributed by atoms with Crippen molar-refractivity contribution in [3.63, 3.8) is 0 Å². The van der Waals surface area contributed by atoms with Crippen LogP contribution in [0.4, 0.5) is 0 Å². The van der Waals surface area contributed by atoms with E-state index in [1.807, 2.05) is 0 Å². The van der Waals surface area contributed by atoms with Crippen LogP contribution in [0.1, 0.15) is 348 Å². The molecular formula is C74H130O6. The number of rotatable bonds is 63. The molecule has 1 unspecified atom stereocenters. The molecule has 0 aliphatic heterocycles. The number of hydrogen-bond acceptors (Lipinski definition) is 6. The number of unbranched alkanes of at least 4 members (excludes halogenated alkanes) is 38. The molecule has 0 aliphatic rings. The fraction of sp³-hybridized carbons (Fsp3) is 0.770. The quantitative estimate of drug-likeness (QED) is 0.0261. The molecule has 6 heteroatoms. The molecule has 0 aromatic heterocycles. The number of ether oxygens (including phenoxy) is 3. The Kier molecular flexibility index (Phi) is 65.2. The molecule has 0 fully saturated rings. The summed E-state index contributed by atoms with van der Waals surface area (Å²) in [5.41, 5.74) is 0. The van der Waals surface area contributed by atoms with Gasteiger partial charge in [0.05, 0.1) is 0 Å². The van der Waals surface area contributed by atoms with Gasteiger partial charge in [-0.1, -0.05) is 337 Å². The van der Waals surface area contributed by atoms with E-state index in [1.54, 1.807) is 0 Å². The van der Waals surface area contributed by atoms with Crippen LogP contribution in [0, 0.1) is 0 Å². The van der Waals surface area contributed by atoms with Gasteiger partial charge in [0.1, 0.15) is 13.2 Å². The SMILES string of the molecule is CC/C=C\C/C=C\C/C=C\C/C=C\C/C=C\C/C=C\C/C=C\CCCCCCCCCC(=O)OCC(COC(=O)CCCCCCCCC)OC(=O)CCCCCCCCCCCCCCCCCCCCCCCCCCCC. The highest BCUT2D eigenvalue weighted by Crippen LogP contribution is 2.18. The summed E-state index contributed by atoms with van der Waals surface area (Å²) in [6.45, 7) is 6.52. The number of esters is 3.